The lowest BCUT2D eigenvalue weighted by Crippen LogP contribution is -2.24. The fourth-order valence-corrected chi connectivity index (χ4v) is 0.887. The molecule has 0 bridgehead atoms. The van der Waals surface area contributed by atoms with Crippen LogP contribution in [0.15, 0.2) is 11.8 Å². The number of aliphatic hydroxyl groups excluding tert-OH is 1. The summed E-state index contributed by atoms with van der Waals surface area (Å²) in [6.45, 7) is 0. The molecule has 1 unspecified atom stereocenters. The van der Waals surface area contributed by atoms with Crippen molar-refractivity contribution < 1.29 is 5.11 Å². The van der Waals surface area contributed by atoms with Crippen LogP contribution in [0.1, 0.15) is 19.3 Å². The van der Waals surface area contributed by atoms with Gasteiger partial charge in [0.05, 0.1) is 6.04 Å². The Hall–Kier alpha value is -0.500. The van der Waals surface area contributed by atoms with Crippen molar-refractivity contribution in [2.45, 2.75) is 25.3 Å². The zero-order valence-corrected chi connectivity index (χ0v) is 4.80. The van der Waals surface area contributed by atoms with Crippen molar-refractivity contribution in [3.63, 3.8) is 0 Å². The van der Waals surface area contributed by atoms with Crippen molar-refractivity contribution in [2.24, 2.45) is 5.73 Å². The molecule has 1 aliphatic carbocycles. The van der Waals surface area contributed by atoms with Crippen LogP contribution in [-0.2, 0) is 0 Å². The number of rotatable bonds is 0. The minimum atomic E-state index is -0.0799. The Morgan fingerprint density at radius 3 is 2.88 bits per heavy atom. The Morgan fingerprint density at radius 2 is 2.50 bits per heavy atom. The summed E-state index contributed by atoms with van der Waals surface area (Å²) in [6, 6.07) is -0.0799. The van der Waals surface area contributed by atoms with E-state index in [1.165, 1.54) is 0 Å². The quantitative estimate of drug-likeness (QED) is 0.491. The van der Waals surface area contributed by atoms with E-state index in [0.717, 1.165) is 19.3 Å². The maximum absolute atomic E-state index is 8.91. The van der Waals surface area contributed by atoms with E-state index < -0.39 is 0 Å². The van der Waals surface area contributed by atoms with E-state index in [1.807, 2.05) is 0 Å². The van der Waals surface area contributed by atoms with Gasteiger partial charge < -0.3 is 10.8 Å². The molecule has 0 saturated carbocycles. The second-order valence-electron chi connectivity index (χ2n) is 2.17. The standard InChI is InChI=1S/C6H11NO/c7-5-3-1-2-4-6(5)8/h4-5,8H,1-3,7H2. The molecule has 1 atom stereocenters. The lowest BCUT2D eigenvalue weighted by Gasteiger charge is -2.14. The van der Waals surface area contributed by atoms with Gasteiger partial charge in [-0.2, -0.15) is 0 Å². The van der Waals surface area contributed by atoms with Crippen LogP contribution >= 0.6 is 0 Å². The molecule has 2 heteroatoms. The van der Waals surface area contributed by atoms with Crippen molar-refractivity contribution in [2.75, 3.05) is 0 Å². The molecular formula is C6H11NO. The van der Waals surface area contributed by atoms with Gasteiger partial charge >= 0.3 is 0 Å². The van der Waals surface area contributed by atoms with Crippen molar-refractivity contribution in [1.29, 1.82) is 0 Å². The predicted octanol–water partition coefficient (Wildman–Crippen LogP) is 0.940. The molecule has 2 nitrogen and oxygen atoms in total. The zero-order chi connectivity index (χ0) is 5.98. The van der Waals surface area contributed by atoms with E-state index >= 15 is 0 Å². The van der Waals surface area contributed by atoms with Crippen molar-refractivity contribution in [1.82, 2.24) is 0 Å². The Bertz CT molecular complexity index is 109. The van der Waals surface area contributed by atoms with E-state index in [1.54, 1.807) is 6.08 Å². The number of nitrogens with two attached hydrogens (primary N) is 1. The number of hydrogen-bond donors (Lipinski definition) is 2. The first-order valence-corrected chi connectivity index (χ1v) is 2.95. The number of allylic oxidation sites excluding steroid dienone is 1. The van der Waals surface area contributed by atoms with Gasteiger partial charge in [0.1, 0.15) is 5.76 Å². The molecule has 0 heterocycles. The average Bonchev–Trinajstić information content (AvgIpc) is 1.77. The summed E-state index contributed by atoms with van der Waals surface area (Å²) in [6.07, 6.45) is 4.83. The lowest BCUT2D eigenvalue weighted by molar-refractivity contribution is 0.342. The third-order valence-corrected chi connectivity index (χ3v) is 1.45. The zero-order valence-electron chi connectivity index (χ0n) is 4.80. The van der Waals surface area contributed by atoms with Crippen molar-refractivity contribution in [3.8, 4) is 0 Å². The topological polar surface area (TPSA) is 46.2 Å². The van der Waals surface area contributed by atoms with Crippen molar-refractivity contribution >= 4 is 0 Å². The second kappa shape index (κ2) is 2.18. The summed E-state index contributed by atoms with van der Waals surface area (Å²) < 4.78 is 0. The number of aliphatic hydroxyl groups is 1. The third kappa shape index (κ3) is 1.01. The van der Waals surface area contributed by atoms with Gasteiger partial charge in [-0.05, 0) is 25.3 Å². The van der Waals surface area contributed by atoms with Crippen LogP contribution in [0.25, 0.3) is 0 Å². The van der Waals surface area contributed by atoms with E-state index in [4.69, 9.17) is 10.8 Å². The Kier molecular flexibility index (Phi) is 1.53. The summed E-state index contributed by atoms with van der Waals surface area (Å²) in [7, 11) is 0. The van der Waals surface area contributed by atoms with Gasteiger partial charge in [-0.15, -0.1) is 0 Å². The first-order valence-electron chi connectivity index (χ1n) is 2.95. The lowest BCUT2D eigenvalue weighted by atomic mass is 10.0. The van der Waals surface area contributed by atoms with Crippen LogP contribution in [0.3, 0.4) is 0 Å². The minimum Gasteiger partial charge on any atom is -0.511 e. The molecular weight excluding hydrogens is 102 g/mol. The fourth-order valence-electron chi connectivity index (χ4n) is 0.887. The first-order chi connectivity index (χ1) is 3.80. The third-order valence-electron chi connectivity index (χ3n) is 1.45. The monoisotopic (exact) mass is 113 g/mol. The molecule has 1 aliphatic rings. The molecule has 0 amide bonds. The Labute approximate surface area is 49.0 Å². The van der Waals surface area contributed by atoms with Crippen LogP contribution in [-0.4, -0.2) is 11.1 Å². The Morgan fingerprint density at radius 1 is 1.75 bits per heavy atom. The van der Waals surface area contributed by atoms with Crippen LogP contribution in [0, 0.1) is 0 Å². The van der Waals surface area contributed by atoms with Gasteiger partial charge in [-0.1, -0.05) is 0 Å². The van der Waals surface area contributed by atoms with Gasteiger partial charge in [0.25, 0.3) is 0 Å². The molecule has 0 aromatic carbocycles. The average molecular weight is 113 g/mol. The summed E-state index contributed by atoms with van der Waals surface area (Å²) in [4.78, 5) is 0. The maximum Gasteiger partial charge on any atom is 0.105 e. The molecule has 46 valence electrons. The summed E-state index contributed by atoms with van der Waals surface area (Å²) in [5, 5.41) is 8.91. The normalized spacial score (nSPS) is 29.6. The highest BCUT2D eigenvalue weighted by molar-refractivity contribution is 5.03. The van der Waals surface area contributed by atoms with Gasteiger partial charge in [-0.25, -0.2) is 0 Å². The van der Waals surface area contributed by atoms with Gasteiger partial charge in [0, 0.05) is 0 Å². The van der Waals surface area contributed by atoms with Gasteiger partial charge in [0.15, 0.2) is 0 Å². The second-order valence-corrected chi connectivity index (χ2v) is 2.17. The molecule has 0 aliphatic heterocycles. The van der Waals surface area contributed by atoms with Crippen LogP contribution < -0.4 is 5.73 Å². The molecule has 0 aromatic rings. The smallest absolute Gasteiger partial charge is 0.105 e. The van der Waals surface area contributed by atoms with E-state index in [-0.39, 0.29) is 6.04 Å². The molecule has 0 saturated heterocycles. The largest absolute Gasteiger partial charge is 0.511 e. The molecule has 0 radical (unpaired) electrons. The molecule has 3 N–H and O–H groups in total. The minimum absolute atomic E-state index is 0.0799. The van der Waals surface area contributed by atoms with Gasteiger partial charge in [-0.3, -0.25) is 0 Å². The summed E-state index contributed by atoms with van der Waals surface area (Å²) in [5.41, 5.74) is 5.46. The van der Waals surface area contributed by atoms with Gasteiger partial charge in [0.2, 0.25) is 0 Å². The van der Waals surface area contributed by atoms with Crippen molar-refractivity contribution in [3.05, 3.63) is 11.8 Å². The predicted molar refractivity (Wildman–Crippen MR) is 32.5 cm³/mol. The maximum atomic E-state index is 8.91. The highest BCUT2D eigenvalue weighted by atomic mass is 16.3. The van der Waals surface area contributed by atoms with Crippen LogP contribution in [0.4, 0.5) is 0 Å². The molecule has 0 fully saturated rings. The highest BCUT2D eigenvalue weighted by Gasteiger charge is 2.10. The summed E-state index contributed by atoms with van der Waals surface area (Å²) >= 11 is 0. The molecule has 1 rings (SSSR count). The summed E-state index contributed by atoms with van der Waals surface area (Å²) in [5.74, 6) is 0.372. The Balaban J connectivity index is 2.53. The first kappa shape index (κ1) is 5.63. The van der Waals surface area contributed by atoms with E-state index in [9.17, 15) is 0 Å². The number of hydrogen-bond acceptors (Lipinski definition) is 2. The SMILES string of the molecule is NC1CCCC=C1O. The van der Waals surface area contributed by atoms with E-state index in [0.29, 0.717) is 5.76 Å². The highest BCUT2D eigenvalue weighted by Crippen LogP contribution is 2.13. The van der Waals surface area contributed by atoms with Crippen LogP contribution in [0.5, 0.6) is 0 Å². The fraction of sp³-hybridized carbons (Fsp3) is 0.667. The molecule has 0 spiro atoms. The van der Waals surface area contributed by atoms with E-state index in [2.05, 4.69) is 0 Å². The molecule has 8 heavy (non-hydrogen) atoms. The molecule has 0 aromatic heterocycles. The van der Waals surface area contributed by atoms with Crippen LogP contribution in [0.2, 0.25) is 0 Å².